The molecule has 3 heterocycles. The molecule has 3 unspecified atom stereocenters. The number of hydrogen-bond donors (Lipinski definition) is 1. The number of nitrogens with zero attached hydrogens (tertiary/aromatic N) is 4. The summed E-state index contributed by atoms with van der Waals surface area (Å²) in [6.45, 7) is 1.60. The average molecular weight is 384 g/mol. The molecule has 0 bridgehead atoms. The third kappa shape index (κ3) is 2.60. The molecule has 0 aliphatic carbocycles. The Kier molecular flexibility index (Phi) is 4.38. The van der Waals surface area contributed by atoms with Gasteiger partial charge in [-0.1, -0.05) is 5.21 Å². The van der Waals surface area contributed by atoms with Gasteiger partial charge in [-0.2, -0.15) is 0 Å². The van der Waals surface area contributed by atoms with Crippen molar-refractivity contribution in [1.82, 2.24) is 19.9 Å². The predicted molar refractivity (Wildman–Crippen MR) is 85.4 cm³/mol. The molecule has 0 saturated carbocycles. The lowest BCUT2D eigenvalue weighted by Gasteiger charge is -2.36. The lowest BCUT2D eigenvalue weighted by molar-refractivity contribution is -0.157. The number of aliphatic carboxylic acids is 1. The summed E-state index contributed by atoms with van der Waals surface area (Å²) < 4.78 is 9.40. The number of carbonyl (C=O) groups is 4. The van der Waals surface area contributed by atoms with Gasteiger partial charge >= 0.3 is 17.9 Å². The number of aromatic nitrogens is 3. The molecule has 0 radical (unpaired) electrons. The molecule has 0 aromatic carbocycles. The van der Waals surface area contributed by atoms with Crippen LogP contribution < -0.4 is 0 Å². The zero-order chi connectivity index (χ0) is 19.2. The van der Waals surface area contributed by atoms with Gasteiger partial charge in [-0.25, -0.2) is 19.1 Å². The second kappa shape index (κ2) is 6.27. The Morgan fingerprint density at radius 3 is 2.50 bits per heavy atom. The van der Waals surface area contributed by atoms with Crippen LogP contribution in [0.1, 0.15) is 34.3 Å². The summed E-state index contributed by atoms with van der Waals surface area (Å²) in [7, 11) is 2.27. The Balaban J connectivity index is 1.99. The van der Waals surface area contributed by atoms with Crippen LogP contribution >= 0.6 is 11.8 Å². The summed E-state index contributed by atoms with van der Waals surface area (Å²) in [5, 5.41) is 16.8. The second-order valence-electron chi connectivity index (χ2n) is 6.06. The van der Waals surface area contributed by atoms with E-state index in [9.17, 15) is 24.3 Å². The molecule has 1 aromatic heterocycles. The molecule has 1 aromatic rings. The topological polar surface area (TPSA) is 141 Å². The van der Waals surface area contributed by atoms with Gasteiger partial charge in [0.15, 0.2) is 5.69 Å². The summed E-state index contributed by atoms with van der Waals surface area (Å²) in [5.74, 6) is -3.10. The number of carbonyl (C=O) groups excluding carboxylic acids is 3. The minimum Gasteiger partial charge on any atom is -0.480 e. The van der Waals surface area contributed by atoms with Crippen molar-refractivity contribution < 1.29 is 33.8 Å². The number of carboxylic acids is 1. The molecule has 2 aliphatic heterocycles. The highest BCUT2D eigenvalue weighted by Gasteiger charge is 2.61. The van der Waals surface area contributed by atoms with Gasteiger partial charge in [0.25, 0.3) is 0 Å². The smallest absolute Gasteiger partial charge is 0.361 e. The van der Waals surface area contributed by atoms with E-state index in [1.807, 2.05) is 0 Å². The number of amides is 1. The molecule has 12 heteroatoms. The Morgan fingerprint density at radius 2 is 1.96 bits per heavy atom. The van der Waals surface area contributed by atoms with Crippen molar-refractivity contribution in [3.05, 3.63) is 11.4 Å². The van der Waals surface area contributed by atoms with E-state index in [0.29, 0.717) is 0 Å². The molecule has 26 heavy (non-hydrogen) atoms. The van der Waals surface area contributed by atoms with Gasteiger partial charge in [0.1, 0.15) is 6.04 Å². The van der Waals surface area contributed by atoms with E-state index in [-0.39, 0.29) is 35.6 Å². The summed E-state index contributed by atoms with van der Waals surface area (Å²) in [6.07, 6.45) is 0.263. The van der Waals surface area contributed by atoms with E-state index in [4.69, 9.17) is 0 Å². The number of thioether (sulfide) groups is 1. The van der Waals surface area contributed by atoms with Crippen molar-refractivity contribution >= 4 is 35.6 Å². The lowest BCUT2D eigenvalue weighted by Crippen LogP contribution is -2.58. The summed E-state index contributed by atoms with van der Waals surface area (Å²) >= 11 is 1.32. The van der Waals surface area contributed by atoms with Crippen LogP contribution in [0.2, 0.25) is 0 Å². The minimum absolute atomic E-state index is 0.0661. The first-order valence-electron chi connectivity index (χ1n) is 7.55. The zero-order valence-electron chi connectivity index (χ0n) is 14.2. The number of ether oxygens (including phenoxy) is 2. The molecular weight excluding hydrogens is 368 g/mol. The van der Waals surface area contributed by atoms with Crippen molar-refractivity contribution in [2.24, 2.45) is 0 Å². The van der Waals surface area contributed by atoms with E-state index in [1.54, 1.807) is 6.92 Å². The summed E-state index contributed by atoms with van der Waals surface area (Å²) in [5.41, 5.74) is -0.553. The van der Waals surface area contributed by atoms with Gasteiger partial charge in [-0.3, -0.25) is 4.79 Å². The average Bonchev–Trinajstić information content (AvgIpc) is 3.10. The summed E-state index contributed by atoms with van der Waals surface area (Å²) in [4.78, 5) is 48.8. The number of β-lactam (4-membered cyclic amide) rings is 1. The zero-order valence-corrected chi connectivity index (χ0v) is 15.0. The molecule has 3 rings (SSSR count). The number of hydrogen-bond acceptors (Lipinski definition) is 9. The van der Waals surface area contributed by atoms with Crippen LogP contribution in [-0.2, 0) is 25.6 Å². The Labute approximate surface area is 151 Å². The Hall–Kier alpha value is -2.63. The van der Waals surface area contributed by atoms with Gasteiger partial charge in [-0.05, 0) is 6.92 Å². The van der Waals surface area contributed by atoms with E-state index in [0.717, 1.165) is 18.9 Å². The normalized spacial score (nSPS) is 26.9. The largest absolute Gasteiger partial charge is 0.480 e. The third-order valence-corrected chi connectivity index (χ3v) is 5.96. The first-order chi connectivity index (χ1) is 12.2. The SMILES string of the molecule is COC(=O)c1nnn(CC2(C)SC3CC(=O)N3C2C(=O)O)c1C(=O)OC. The van der Waals surface area contributed by atoms with Crippen LogP contribution in [0.15, 0.2) is 0 Å². The molecule has 11 nitrogen and oxygen atoms in total. The third-order valence-electron chi connectivity index (χ3n) is 4.40. The van der Waals surface area contributed by atoms with E-state index < -0.39 is 28.7 Å². The highest BCUT2D eigenvalue weighted by molar-refractivity contribution is 8.01. The van der Waals surface area contributed by atoms with Crippen molar-refractivity contribution in [1.29, 1.82) is 0 Å². The maximum Gasteiger partial charge on any atom is 0.361 e. The molecule has 140 valence electrons. The molecule has 0 spiro atoms. The quantitative estimate of drug-likeness (QED) is 0.515. The fraction of sp³-hybridized carbons (Fsp3) is 0.571. The lowest BCUT2D eigenvalue weighted by atomic mass is 9.96. The predicted octanol–water partition coefficient (Wildman–Crippen LogP) is -0.632. The van der Waals surface area contributed by atoms with Gasteiger partial charge in [0.2, 0.25) is 11.6 Å². The molecule has 1 amide bonds. The molecule has 2 fully saturated rings. The Bertz CT molecular complexity index is 809. The molecular formula is C14H16N4O7S. The fourth-order valence-corrected chi connectivity index (χ4v) is 4.98. The second-order valence-corrected chi connectivity index (χ2v) is 7.77. The van der Waals surface area contributed by atoms with Crippen LogP contribution in [-0.4, -0.2) is 79.2 Å². The van der Waals surface area contributed by atoms with Crippen molar-refractivity contribution in [3.8, 4) is 0 Å². The first kappa shape index (κ1) is 18.2. The van der Waals surface area contributed by atoms with Crippen LogP contribution in [0.25, 0.3) is 0 Å². The number of rotatable bonds is 5. The molecule has 3 atom stereocenters. The van der Waals surface area contributed by atoms with Gasteiger partial charge in [0.05, 0.1) is 37.3 Å². The van der Waals surface area contributed by atoms with Crippen molar-refractivity contribution in [2.45, 2.75) is 36.1 Å². The van der Waals surface area contributed by atoms with Gasteiger partial charge < -0.3 is 19.5 Å². The highest BCUT2D eigenvalue weighted by Crippen LogP contribution is 2.51. The number of fused-ring (bicyclic) bond motifs is 1. The van der Waals surface area contributed by atoms with Crippen LogP contribution in [0.4, 0.5) is 0 Å². The number of esters is 2. The van der Waals surface area contributed by atoms with Crippen LogP contribution in [0.3, 0.4) is 0 Å². The molecule has 2 aliphatic rings. The van der Waals surface area contributed by atoms with E-state index >= 15 is 0 Å². The standard InChI is InChI=1S/C14H16N4O7S/c1-14(10(11(20)21)18-6(19)4-7(18)26-14)5-17-9(13(23)25-3)8(15-16-17)12(22)24-2/h7,10H,4-5H2,1-3H3,(H,20,21). The van der Waals surface area contributed by atoms with Crippen LogP contribution in [0.5, 0.6) is 0 Å². The summed E-state index contributed by atoms with van der Waals surface area (Å²) in [6, 6.07) is -1.09. The maximum absolute atomic E-state index is 12.1. The molecule has 1 N–H and O–H groups in total. The van der Waals surface area contributed by atoms with Crippen molar-refractivity contribution in [3.63, 3.8) is 0 Å². The monoisotopic (exact) mass is 384 g/mol. The minimum atomic E-state index is -1.15. The van der Waals surface area contributed by atoms with Gasteiger partial charge in [-0.15, -0.1) is 16.9 Å². The first-order valence-corrected chi connectivity index (χ1v) is 8.43. The van der Waals surface area contributed by atoms with E-state index in [1.165, 1.54) is 16.7 Å². The van der Waals surface area contributed by atoms with E-state index in [2.05, 4.69) is 19.8 Å². The van der Waals surface area contributed by atoms with Crippen molar-refractivity contribution in [2.75, 3.05) is 14.2 Å². The molecule has 2 saturated heterocycles. The number of methoxy groups -OCH3 is 2. The van der Waals surface area contributed by atoms with Gasteiger partial charge in [0, 0.05) is 0 Å². The highest BCUT2D eigenvalue weighted by atomic mass is 32.2. The van der Waals surface area contributed by atoms with Crippen LogP contribution in [0, 0.1) is 0 Å². The Morgan fingerprint density at radius 1 is 1.31 bits per heavy atom. The maximum atomic E-state index is 12.1. The fourth-order valence-electron chi connectivity index (χ4n) is 3.24. The number of carboxylic acid groups (broad SMARTS) is 1.